The van der Waals surface area contributed by atoms with Gasteiger partial charge >= 0.3 is 0 Å². The molecule has 0 aromatic rings. The van der Waals surface area contributed by atoms with Crippen LogP contribution >= 0.6 is 0 Å². The summed E-state index contributed by atoms with van der Waals surface area (Å²) in [5.74, 6) is 1.61. The molecule has 4 aliphatic rings. The molecule has 4 fully saturated rings. The van der Waals surface area contributed by atoms with Gasteiger partial charge in [-0.25, -0.2) is 0 Å². The van der Waals surface area contributed by atoms with E-state index in [-0.39, 0.29) is 5.41 Å². The lowest BCUT2D eigenvalue weighted by atomic mass is 9.46. The largest absolute Gasteiger partial charge is 0.396 e. The van der Waals surface area contributed by atoms with Crippen LogP contribution in [0.5, 0.6) is 0 Å². The Bertz CT molecular complexity index is 483. The Kier molecular flexibility index (Phi) is 4.50. The van der Waals surface area contributed by atoms with E-state index in [1.807, 2.05) is 7.05 Å². The van der Waals surface area contributed by atoms with Crippen LogP contribution in [0, 0.1) is 16.7 Å². The lowest BCUT2D eigenvalue weighted by Crippen LogP contribution is -2.72. The van der Waals surface area contributed by atoms with E-state index in [1.165, 1.54) is 51.4 Å². The zero-order valence-corrected chi connectivity index (χ0v) is 15.0. The van der Waals surface area contributed by atoms with E-state index in [4.69, 9.17) is 4.74 Å². The molecule has 3 atom stereocenters. The molecule has 0 aromatic heterocycles. The minimum absolute atomic E-state index is 0.263. The van der Waals surface area contributed by atoms with Gasteiger partial charge in [0.15, 0.2) is 5.96 Å². The third kappa shape index (κ3) is 2.55. The highest BCUT2D eigenvalue weighted by Gasteiger charge is 2.66. The molecule has 1 spiro atoms. The maximum Gasteiger partial charge on any atom is 0.191 e. The van der Waals surface area contributed by atoms with Gasteiger partial charge in [-0.05, 0) is 43.9 Å². The normalized spacial score (nSPS) is 36.1. The highest BCUT2D eigenvalue weighted by Crippen LogP contribution is 2.62. The van der Waals surface area contributed by atoms with Crippen molar-refractivity contribution in [2.45, 2.75) is 69.9 Å². The number of hydrogen-bond acceptors (Lipinski definition) is 3. The second kappa shape index (κ2) is 6.49. The van der Waals surface area contributed by atoms with Gasteiger partial charge in [0.1, 0.15) is 0 Å². The van der Waals surface area contributed by atoms with Crippen LogP contribution in [0.25, 0.3) is 0 Å². The zero-order valence-electron chi connectivity index (χ0n) is 15.0. The molecule has 136 valence electrons. The number of aliphatic hydroxyl groups is 1. The van der Waals surface area contributed by atoms with Crippen LogP contribution in [0.2, 0.25) is 0 Å². The van der Waals surface area contributed by atoms with Gasteiger partial charge in [-0.3, -0.25) is 4.99 Å². The highest BCUT2D eigenvalue weighted by atomic mass is 16.5. The molecular formula is C19H33N3O2. The number of ether oxygens (including phenoxy) is 1. The molecule has 3 unspecified atom stereocenters. The number of nitrogens with one attached hydrogen (secondary N) is 2. The van der Waals surface area contributed by atoms with Crippen molar-refractivity contribution < 1.29 is 9.84 Å². The Hall–Kier alpha value is -0.810. The summed E-state index contributed by atoms with van der Waals surface area (Å²) < 4.78 is 6.02. The summed E-state index contributed by atoms with van der Waals surface area (Å²) in [6.07, 6.45) is 11.6. The third-order valence-electron chi connectivity index (χ3n) is 7.49. The fourth-order valence-corrected chi connectivity index (χ4v) is 5.95. The molecular weight excluding hydrogens is 302 g/mol. The molecule has 5 heteroatoms. The molecule has 1 aliphatic heterocycles. The lowest BCUT2D eigenvalue weighted by molar-refractivity contribution is -0.171. The van der Waals surface area contributed by atoms with Crippen LogP contribution in [-0.2, 0) is 4.74 Å². The van der Waals surface area contributed by atoms with Crippen molar-refractivity contribution in [3.8, 4) is 0 Å². The summed E-state index contributed by atoms with van der Waals surface area (Å²) in [6.45, 7) is 2.15. The predicted octanol–water partition coefficient (Wildman–Crippen LogP) is 2.05. The van der Waals surface area contributed by atoms with Crippen molar-refractivity contribution in [3.05, 3.63) is 0 Å². The van der Waals surface area contributed by atoms with Crippen molar-refractivity contribution in [2.75, 3.05) is 26.8 Å². The van der Waals surface area contributed by atoms with Gasteiger partial charge in [0.25, 0.3) is 0 Å². The molecule has 24 heavy (non-hydrogen) atoms. The van der Waals surface area contributed by atoms with E-state index in [0.29, 0.717) is 30.1 Å². The van der Waals surface area contributed by atoms with E-state index in [2.05, 4.69) is 15.6 Å². The fraction of sp³-hybridized carbons (Fsp3) is 0.947. The minimum Gasteiger partial charge on any atom is -0.396 e. The van der Waals surface area contributed by atoms with Crippen LogP contribution in [0.1, 0.15) is 57.8 Å². The summed E-state index contributed by atoms with van der Waals surface area (Å²) in [7, 11) is 1.87. The van der Waals surface area contributed by atoms with Gasteiger partial charge < -0.3 is 20.5 Å². The van der Waals surface area contributed by atoms with Crippen molar-refractivity contribution >= 4 is 5.96 Å². The topological polar surface area (TPSA) is 65.9 Å². The second-order valence-corrected chi connectivity index (χ2v) is 8.56. The van der Waals surface area contributed by atoms with Crippen LogP contribution in [0.4, 0.5) is 0 Å². The maximum atomic E-state index is 9.43. The average Bonchev–Trinajstić information content (AvgIpc) is 3.15. The molecule has 0 amide bonds. The Labute approximate surface area is 145 Å². The van der Waals surface area contributed by atoms with Crippen molar-refractivity contribution in [1.82, 2.24) is 10.6 Å². The minimum atomic E-state index is 0.263. The summed E-state index contributed by atoms with van der Waals surface area (Å²) >= 11 is 0. The molecule has 1 heterocycles. The Morgan fingerprint density at radius 2 is 2.00 bits per heavy atom. The van der Waals surface area contributed by atoms with Crippen molar-refractivity contribution in [2.24, 2.45) is 21.7 Å². The molecule has 0 bridgehead atoms. The van der Waals surface area contributed by atoms with Crippen molar-refractivity contribution in [3.63, 3.8) is 0 Å². The van der Waals surface area contributed by atoms with Gasteiger partial charge in [0.2, 0.25) is 0 Å². The zero-order chi connectivity index (χ0) is 16.6. The van der Waals surface area contributed by atoms with E-state index >= 15 is 0 Å². The van der Waals surface area contributed by atoms with Gasteiger partial charge in [0, 0.05) is 44.2 Å². The first-order valence-corrected chi connectivity index (χ1v) is 9.93. The highest BCUT2D eigenvalue weighted by molar-refractivity contribution is 5.80. The van der Waals surface area contributed by atoms with Gasteiger partial charge in [-0.1, -0.05) is 19.3 Å². The third-order valence-corrected chi connectivity index (χ3v) is 7.49. The number of aliphatic hydroxyl groups excluding tert-OH is 1. The summed E-state index contributed by atoms with van der Waals surface area (Å²) in [6, 6.07) is 0.530. The number of fused-ring (bicyclic) bond motifs is 2. The fourth-order valence-electron chi connectivity index (χ4n) is 5.95. The standard InChI is InChI=1S/C19H33N3O2/c1-20-17(21-13-18(10-11-23)6-2-3-7-18)22-15-14-5-12-24-16(14)19(15)8-4-9-19/h14-16,23H,2-13H2,1H3,(H2,20,21,22). The summed E-state index contributed by atoms with van der Waals surface area (Å²) in [5, 5.41) is 16.8. The monoisotopic (exact) mass is 335 g/mol. The van der Waals surface area contributed by atoms with Crippen LogP contribution in [0.15, 0.2) is 4.99 Å². The molecule has 5 nitrogen and oxygen atoms in total. The molecule has 3 aliphatic carbocycles. The molecule has 3 saturated carbocycles. The number of aliphatic imine (C=N–C) groups is 1. The average molecular weight is 335 g/mol. The Morgan fingerprint density at radius 3 is 2.62 bits per heavy atom. The number of guanidine groups is 1. The molecule has 0 aromatic carbocycles. The van der Waals surface area contributed by atoms with Crippen LogP contribution in [-0.4, -0.2) is 50.0 Å². The van der Waals surface area contributed by atoms with E-state index in [0.717, 1.165) is 25.5 Å². The summed E-state index contributed by atoms with van der Waals surface area (Å²) in [5.41, 5.74) is 0.647. The predicted molar refractivity (Wildman–Crippen MR) is 95.0 cm³/mol. The molecule has 1 saturated heterocycles. The van der Waals surface area contributed by atoms with E-state index < -0.39 is 0 Å². The van der Waals surface area contributed by atoms with Crippen molar-refractivity contribution in [1.29, 1.82) is 0 Å². The molecule has 4 rings (SSSR count). The summed E-state index contributed by atoms with van der Waals surface area (Å²) in [4.78, 5) is 4.49. The smallest absolute Gasteiger partial charge is 0.191 e. The van der Waals surface area contributed by atoms with Gasteiger partial charge in [-0.15, -0.1) is 0 Å². The first kappa shape index (κ1) is 16.6. The first-order chi connectivity index (χ1) is 11.7. The number of nitrogens with zero attached hydrogens (tertiary/aromatic N) is 1. The van der Waals surface area contributed by atoms with Crippen LogP contribution < -0.4 is 10.6 Å². The maximum absolute atomic E-state index is 9.43. The second-order valence-electron chi connectivity index (χ2n) is 8.56. The van der Waals surface area contributed by atoms with E-state index in [9.17, 15) is 5.11 Å². The Balaban J connectivity index is 1.36. The molecule has 3 N–H and O–H groups in total. The lowest BCUT2D eigenvalue weighted by Gasteiger charge is -2.63. The SMILES string of the molecule is CN=C(NCC1(CCO)CCCC1)NC1C2CCOC2C12CCC2. The number of hydrogen-bond donors (Lipinski definition) is 3. The van der Waals surface area contributed by atoms with Gasteiger partial charge in [-0.2, -0.15) is 0 Å². The Morgan fingerprint density at radius 1 is 1.21 bits per heavy atom. The quantitative estimate of drug-likeness (QED) is 0.531. The first-order valence-electron chi connectivity index (χ1n) is 9.93. The van der Waals surface area contributed by atoms with Crippen LogP contribution in [0.3, 0.4) is 0 Å². The van der Waals surface area contributed by atoms with E-state index in [1.54, 1.807) is 0 Å². The van der Waals surface area contributed by atoms with Gasteiger partial charge in [0.05, 0.1) is 6.10 Å². The molecule has 0 radical (unpaired) electrons. The number of rotatable bonds is 5.